The molecular weight excluding hydrogens is 415 g/mol. The lowest BCUT2D eigenvalue weighted by molar-refractivity contribution is 0.0698. The Hall–Kier alpha value is -1.89. The van der Waals surface area contributed by atoms with Crippen molar-refractivity contribution in [3.05, 3.63) is 69.3 Å². The lowest BCUT2D eigenvalue weighted by atomic mass is 10.0. The summed E-state index contributed by atoms with van der Waals surface area (Å²) in [6.07, 6.45) is 1.57. The molecule has 5 heteroatoms. The van der Waals surface area contributed by atoms with Gasteiger partial charge < -0.3 is 10.2 Å². The highest BCUT2D eigenvalue weighted by Gasteiger charge is 2.24. The van der Waals surface area contributed by atoms with E-state index in [4.69, 9.17) is 0 Å². The normalized spacial score (nSPS) is 15.1. The summed E-state index contributed by atoms with van der Waals surface area (Å²) in [6.45, 7) is 1.34. The quantitative estimate of drug-likeness (QED) is 0.754. The van der Waals surface area contributed by atoms with E-state index >= 15 is 0 Å². The summed E-state index contributed by atoms with van der Waals surface area (Å²) in [5, 5.41) is 3.06. The van der Waals surface area contributed by atoms with E-state index in [0.717, 1.165) is 22.0 Å². The van der Waals surface area contributed by atoms with Crippen molar-refractivity contribution in [2.75, 3.05) is 13.1 Å². The number of likely N-dealkylation sites (tertiary alicyclic amines) is 1. The third kappa shape index (κ3) is 4.14. The second-order valence-electron chi connectivity index (χ2n) is 5.91. The van der Waals surface area contributed by atoms with Crippen LogP contribution in [-0.2, 0) is 0 Å². The van der Waals surface area contributed by atoms with Crippen LogP contribution in [0.2, 0.25) is 0 Å². The van der Waals surface area contributed by atoms with Gasteiger partial charge >= 0.3 is 0 Å². The minimum atomic E-state index is -0.0435. The highest BCUT2D eigenvalue weighted by molar-refractivity contribution is 14.1. The van der Waals surface area contributed by atoms with Gasteiger partial charge in [0, 0.05) is 33.8 Å². The van der Waals surface area contributed by atoms with Crippen molar-refractivity contribution >= 4 is 34.4 Å². The predicted molar refractivity (Wildman–Crippen MR) is 102 cm³/mol. The van der Waals surface area contributed by atoms with Gasteiger partial charge in [0.15, 0.2) is 0 Å². The van der Waals surface area contributed by atoms with Gasteiger partial charge in [-0.25, -0.2) is 0 Å². The number of nitrogens with one attached hydrogen (secondary N) is 1. The van der Waals surface area contributed by atoms with E-state index in [1.165, 1.54) is 0 Å². The molecule has 0 bridgehead atoms. The van der Waals surface area contributed by atoms with Gasteiger partial charge in [-0.05, 0) is 71.8 Å². The second-order valence-corrected chi connectivity index (χ2v) is 7.16. The van der Waals surface area contributed by atoms with Crippen LogP contribution in [0.15, 0.2) is 54.6 Å². The van der Waals surface area contributed by atoms with Crippen LogP contribution < -0.4 is 5.32 Å². The molecule has 1 aliphatic rings. The van der Waals surface area contributed by atoms with Crippen LogP contribution in [0.25, 0.3) is 0 Å². The van der Waals surface area contributed by atoms with Crippen LogP contribution in [-0.4, -0.2) is 35.8 Å². The third-order valence-electron chi connectivity index (χ3n) is 4.24. The molecule has 1 N–H and O–H groups in total. The molecule has 0 aliphatic carbocycles. The van der Waals surface area contributed by atoms with Gasteiger partial charge in [0.25, 0.3) is 11.8 Å². The number of hydrogen-bond acceptors (Lipinski definition) is 2. The maximum Gasteiger partial charge on any atom is 0.253 e. The zero-order valence-electron chi connectivity index (χ0n) is 13.2. The van der Waals surface area contributed by atoms with Gasteiger partial charge in [0.2, 0.25) is 0 Å². The molecule has 1 saturated heterocycles. The van der Waals surface area contributed by atoms with E-state index in [-0.39, 0.29) is 17.9 Å². The Balaban J connectivity index is 1.53. The molecule has 0 radical (unpaired) electrons. The van der Waals surface area contributed by atoms with Crippen LogP contribution in [0.3, 0.4) is 0 Å². The van der Waals surface area contributed by atoms with Crippen molar-refractivity contribution in [2.24, 2.45) is 0 Å². The van der Waals surface area contributed by atoms with Crippen LogP contribution in [0, 0.1) is 3.57 Å². The van der Waals surface area contributed by atoms with Crippen LogP contribution in [0.4, 0.5) is 0 Å². The summed E-state index contributed by atoms with van der Waals surface area (Å²) in [4.78, 5) is 26.6. The fourth-order valence-corrected chi connectivity index (χ4v) is 3.22. The van der Waals surface area contributed by atoms with E-state index in [1.54, 1.807) is 0 Å². The standard InChI is InChI=1S/C19H19IN2O2/c20-16-8-6-15(7-9-16)19(24)22-12-10-17(11-13-22)21-18(23)14-4-2-1-3-5-14/h1-9,17H,10-13H2,(H,21,23). The van der Waals surface area contributed by atoms with E-state index in [9.17, 15) is 9.59 Å². The molecule has 24 heavy (non-hydrogen) atoms. The van der Waals surface area contributed by atoms with Crippen molar-refractivity contribution in [3.8, 4) is 0 Å². The lowest BCUT2D eigenvalue weighted by Crippen LogP contribution is -2.46. The third-order valence-corrected chi connectivity index (χ3v) is 4.96. The van der Waals surface area contributed by atoms with E-state index in [0.29, 0.717) is 18.7 Å². The summed E-state index contributed by atoms with van der Waals surface area (Å²) >= 11 is 2.23. The zero-order chi connectivity index (χ0) is 16.9. The van der Waals surface area contributed by atoms with E-state index in [1.807, 2.05) is 59.5 Å². The highest BCUT2D eigenvalue weighted by atomic mass is 127. The molecule has 2 aromatic rings. The summed E-state index contributed by atoms with van der Waals surface area (Å²) in [6, 6.07) is 17.0. The van der Waals surface area contributed by atoms with Crippen molar-refractivity contribution < 1.29 is 9.59 Å². The number of carbonyl (C=O) groups is 2. The summed E-state index contributed by atoms with van der Waals surface area (Å²) in [5.41, 5.74) is 1.40. The molecule has 1 aliphatic heterocycles. The summed E-state index contributed by atoms with van der Waals surface area (Å²) in [5.74, 6) is 0.0252. The van der Waals surface area contributed by atoms with Crippen LogP contribution in [0.5, 0.6) is 0 Å². The molecule has 0 saturated carbocycles. The van der Waals surface area contributed by atoms with Gasteiger partial charge in [-0.1, -0.05) is 18.2 Å². The van der Waals surface area contributed by atoms with Gasteiger partial charge in [-0.15, -0.1) is 0 Å². The first-order chi connectivity index (χ1) is 11.6. The van der Waals surface area contributed by atoms with Gasteiger partial charge in [-0.3, -0.25) is 9.59 Å². The number of piperidine rings is 1. The van der Waals surface area contributed by atoms with E-state index < -0.39 is 0 Å². The molecular formula is C19H19IN2O2. The first-order valence-electron chi connectivity index (χ1n) is 8.04. The van der Waals surface area contributed by atoms with Gasteiger partial charge in [-0.2, -0.15) is 0 Å². The molecule has 0 unspecified atom stereocenters. The molecule has 4 nitrogen and oxygen atoms in total. The molecule has 0 atom stereocenters. The largest absolute Gasteiger partial charge is 0.349 e. The fraction of sp³-hybridized carbons (Fsp3) is 0.263. The molecule has 1 heterocycles. The Morgan fingerprint density at radius 3 is 2.17 bits per heavy atom. The molecule has 2 amide bonds. The SMILES string of the molecule is O=C(NC1CCN(C(=O)c2ccc(I)cc2)CC1)c1ccccc1. The molecule has 3 rings (SSSR count). The molecule has 2 aromatic carbocycles. The first kappa shape index (κ1) is 17.0. The van der Waals surface area contributed by atoms with Gasteiger partial charge in [0.1, 0.15) is 0 Å². The number of amides is 2. The minimum Gasteiger partial charge on any atom is -0.349 e. The van der Waals surface area contributed by atoms with Crippen molar-refractivity contribution in [2.45, 2.75) is 18.9 Å². The fourth-order valence-electron chi connectivity index (χ4n) is 2.86. The Morgan fingerprint density at radius 1 is 0.917 bits per heavy atom. The topological polar surface area (TPSA) is 49.4 Å². The number of benzene rings is 2. The van der Waals surface area contributed by atoms with E-state index in [2.05, 4.69) is 27.9 Å². The predicted octanol–water partition coefficient (Wildman–Crippen LogP) is 3.33. The monoisotopic (exact) mass is 434 g/mol. The summed E-state index contributed by atoms with van der Waals surface area (Å²) < 4.78 is 1.12. The number of nitrogens with zero attached hydrogens (tertiary/aromatic N) is 1. The zero-order valence-corrected chi connectivity index (χ0v) is 15.4. The average molecular weight is 434 g/mol. The number of hydrogen-bond donors (Lipinski definition) is 1. The average Bonchev–Trinajstić information content (AvgIpc) is 2.63. The summed E-state index contributed by atoms with van der Waals surface area (Å²) in [7, 11) is 0. The highest BCUT2D eigenvalue weighted by Crippen LogP contribution is 2.15. The minimum absolute atomic E-state index is 0.0435. The maximum absolute atomic E-state index is 12.5. The molecule has 1 fully saturated rings. The molecule has 0 aromatic heterocycles. The smallest absolute Gasteiger partial charge is 0.253 e. The number of carbonyl (C=O) groups excluding carboxylic acids is 2. The van der Waals surface area contributed by atoms with Crippen molar-refractivity contribution in [1.82, 2.24) is 10.2 Å². The Labute approximate surface area is 155 Å². The van der Waals surface area contributed by atoms with Crippen LogP contribution >= 0.6 is 22.6 Å². The van der Waals surface area contributed by atoms with Crippen molar-refractivity contribution in [3.63, 3.8) is 0 Å². The first-order valence-corrected chi connectivity index (χ1v) is 9.12. The maximum atomic E-state index is 12.5. The Morgan fingerprint density at radius 2 is 1.54 bits per heavy atom. The van der Waals surface area contributed by atoms with Crippen molar-refractivity contribution in [1.29, 1.82) is 0 Å². The number of rotatable bonds is 3. The Kier molecular flexibility index (Phi) is 5.50. The Bertz CT molecular complexity index is 708. The van der Waals surface area contributed by atoms with Crippen LogP contribution in [0.1, 0.15) is 33.6 Å². The molecule has 124 valence electrons. The second kappa shape index (κ2) is 7.79. The lowest BCUT2D eigenvalue weighted by Gasteiger charge is -2.32. The number of halogens is 1. The molecule has 0 spiro atoms. The van der Waals surface area contributed by atoms with Gasteiger partial charge in [0.05, 0.1) is 0 Å².